The van der Waals surface area contributed by atoms with Crippen molar-refractivity contribution in [3.05, 3.63) is 29.6 Å². The molecule has 1 aliphatic carbocycles. The predicted molar refractivity (Wildman–Crippen MR) is 116 cm³/mol. The van der Waals surface area contributed by atoms with Gasteiger partial charge in [0, 0.05) is 16.4 Å². The molecule has 4 N–H and O–H groups in total. The number of nitrogens with two attached hydrogens (primary N) is 1. The van der Waals surface area contributed by atoms with Crippen LogP contribution in [-0.2, 0) is 9.59 Å². The molecule has 1 aromatic carbocycles. The van der Waals surface area contributed by atoms with E-state index in [0.717, 1.165) is 24.2 Å². The number of benzene rings is 1. The van der Waals surface area contributed by atoms with Gasteiger partial charge in [-0.15, -0.1) is 0 Å². The Bertz CT molecular complexity index is 766. The quantitative estimate of drug-likeness (QED) is 0.553. The predicted octanol–water partition coefficient (Wildman–Crippen LogP) is 3.94. The summed E-state index contributed by atoms with van der Waals surface area (Å²) in [6.07, 6.45) is 2.54. The molecule has 0 bridgehead atoms. The minimum atomic E-state index is -0.823. The van der Waals surface area contributed by atoms with Crippen LogP contribution in [0.3, 0.4) is 0 Å². The van der Waals surface area contributed by atoms with E-state index in [-0.39, 0.29) is 23.7 Å². The Hall–Kier alpha value is -1.60. The minimum absolute atomic E-state index is 0.0686. The third-order valence-corrected chi connectivity index (χ3v) is 7.00. The van der Waals surface area contributed by atoms with Crippen LogP contribution in [0.5, 0.6) is 0 Å². The Morgan fingerprint density at radius 1 is 1.24 bits per heavy atom. The number of hydrogen-bond acceptors (Lipinski definition) is 4. The zero-order valence-corrected chi connectivity index (χ0v) is 19.1. The molecular formula is C22H34FN3O2S. The molecule has 0 radical (unpaired) electrons. The van der Waals surface area contributed by atoms with Gasteiger partial charge in [-0.25, -0.2) is 9.11 Å². The second-order valence-electron chi connectivity index (χ2n) is 9.59. The molecule has 162 valence electrons. The van der Waals surface area contributed by atoms with E-state index in [2.05, 4.69) is 17.0 Å². The van der Waals surface area contributed by atoms with Gasteiger partial charge in [0.2, 0.25) is 11.8 Å². The maximum Gasteiger partial charge on any atom is 0.240 e. The van der Waals surface area contributed by atoms with Crippen LogP contribution in [-0.4, -0.2) is 23.4 Å². The second-order valence-corrected chi connectivity index (χ2v) is 10.5. The number of primary amides is 1. The highest BCUT2D eigenvalue weighted by atomic mass is 32.2. The van der Waals surface area contributed by atoms with Crippen LogP contribution in [0.25, 0.3) is 0 Å². The highest BCUT2D eigenvalue weighted by molar-refractivity contribution is 7.97. The van der Waals surface area contributed by atoms with Gasteiger partial charge in [0.15, 0.2) is 0 Å². The molecule has 1 aromatic rings. The van der Waals surface area contributed by atoms with Crippen molar-refractivity contribution in [3.8, 4) is 0 Å². The summed E-state index contributed by atoms with van der Waals surface area (Å²) in [6.45, 7) is 11.2. The lowest BCUT2D eigenvalue weighted by Gasteiger charge is -2.28. The summed E-state index contributed by atoms with van der Waals surface area (Å²) in [5.74, 6) is 0.0570. The van der Waals surface area contributed by atoms with E-state index >= 15 is 0 Å². The first-order valence-corrected chi connectivity index (χ1v) is 10.9. The van der Waals surface area contributed by atoms with E-state index in [1.807, 2.05) is 33.8 Å². The van der Waals surface area contributed by atoms with Crippen LogP contribution in [0.4, 0.5) is 4.39 Å². The van der Waals surface area contributed by atoms with E-state index in [9.17, 15) is 14.0 Å². The van der Waals surface area contributed by atoms with Crippen LogP contribution in [0.1, 0.15) is 59.4 Å². The van der Waals surface area contributed by atoms with E-state index in [1.54, 1.807) is 13.0 Å². The summed E-state index contributed by atoms with van der Waals surface area (Å²) < 4.78 is 16.9. The summed E-state index contributed by atoms with van der Waals surface area (Å²) in [7, 11) is 0. The normalized spacial score (nSPS) is 22.5. The highest BCUT2D eigenvalue weighted by Gasteiger charge is 2.39. The van der Waals surface area contributed by atoms with E-state index in [4.69, 9.17) is 5.73 Å². The third kappa shape index (κ3) is 6.19. The van der Waals surface area contributed by atoms with Gasteiger partial charge in [-0.1, -0.05) is 26.8 Å². The van der Waals surface area contributed by atoms with Crippen molar-refractivity contribution in [3.63, 3.8) is 0 Å². The number of carbonyl (C=O) groups excluding carboxylic acids is 2. The van der Waals surface area contributed by atoms with Gasteiger partial charge >= 0.3 is 0 Å². The average molecular weight is 424 g/mol. The molecule has 0 aromatic heterocycles. The molecule has 2 amide bonds. The number of hydrogen-bond donors (Lipinski definition) is 3. The molecule has 3 atom stereocenters. The molecular weight excluding hydrogens is 389 g/mol. The molecule has 0 saturated heterocycles. The summed E-state index contributed by atoms with van der Waals surface area (Å²) in [5.41, 5.74) is 4.74. The fourth-order valence-electron chi connectivity index (χ4n) is 3.79. The molecule has 1 fully saturated rings. The maximum atomic E-state index is 13.7. The summed E-state index contributed by atoms with van der Waals surface area (Å²) in [4.78, 5) is 25.2. The zero-order valence-electron chi connectivity index (χ0n) is 18.3. The number of rotatable bonds is 8. The molecule has 5 nitrogen and oxygen atoms in total. The molecule has 7 heteroatoms. The van der Waals surface area contributed by atoms with Gasteiger partial charge in [0.1, 0.15) is 11.4 Å². The van der Waals surface area contributed by atoms with Gasteiger partial charge in [-0.05, 0) is 81.5 Å². The maximum absolute atomic E-state index is 13.7. The topological polar surface area (TPSA) is 84.2 Å². The third-order valence-electron chi connectivity index (χ3n) is 5.90. The number of carbonyl (C=O) groups is 2. The summed E-state index contributed by atoms with van der Waals surface area (Å²) in [6, 6.07) is 5.08. The SMILES string of the molecule is Cc1ccc(SNC(C)(C)C(=O)NC2CC(CC(C)(C)C(N)=O)CC2C)cc1F. The van der Waals surface area contributed by atoms with Crippen molar-refractivity contribution >= 4 is 23.8 Å². The van der Waals surface area contributed by atoms with Crippen LogP contribution < -0.4 is 15.8 Å². The fourth-order valence-corrected chi connectivity index (χ4v) is 4.55. The van der Waals surface area contributed by atoms with Crippen molar-refractivity contribution < 1.29 is 14.0 Å². The molecule has 29 heavy (non-hydrogen) atoms. The largest absolute Gasteiger partial charge is 0.369 e. The first-order chi connectivity index (χ1) is 13.3. The Labute approximate surface area is 177 Å². The number of amides is 2. The monoisotopic (exact) mass is 423 g/mol. The van der Waals surface area contributed by atoms with E-state index < -0.39 is 11.0 Å². The Kier molecular flexibility index (Phi) is 7.38. The zero-order chi connectivity index (χ0) is 22.0. The standard InChI is InChI=1S/C22H34FN3O2S/c1-13-7-8-16(11-17(13)23)29-26-22(5,6)20(28)25-18-10-15(9-14(18)2)12-21(3,4)19(24)27/h7-8,11,14-15,18,26H,9-10,12H2,1-6H3,(H2,24,27)(H,25,28). The van der Waals surface area contributed by atoms with Crippen molar-refractivity contribution in [2.45, 2.75) is 77.3 Å². The second kappa shape index (κ2) is 9.04. The lowest BCUT2D eigenvalue weighted by Crippen LogP contribution is -2.53. The van der Waals surface area contributed by atoms with Gasteiger partial charge in [-0.3, -0.25) is 9.59 Å². The Morgan fingerprint density at radius 2 is 1.90 bits per heavy atom. The van der Waals surface area contributed by atoms with Crippen molar-refractivity contribution in [2.75, 3.05) is 0 Å². The lowest BCUT2D eigenvalue weighted by atomic mass is 9.81. The van der Waals surface area contributed by atoms with Crippen LogP contribution in [0.2, 0.25) is 0 Å². The van der Waals surface area contributed by atoms with Gasteiger partial charge in [0.05, 0.1) is 0 Å². The van der Waals surface area contributed by atoms with Crippen LogP contribution in [0, 0.1) is 30.0 Å². The molecule has 0 aliphatic heterocycles. The van der Waals surface area contributed by atoms with Gasteiger partial charge in [-0.2, -0.15) is 0 Å². The minimum Gasteiger partial charge on any atom is -0.369 e. The molecule has 1 saturated carbocycles. The first kappa shape index (κ1) is 23.7. The molecule has 2 rings (SSSR count). The van der Waals surface area contributed by atoms with Gasteiger partial charge < -0.3 is 11.1 Å². The summed E-state index contributed by atoms with van der Waals surface area (Å²) in [5, 5.41) is 3.17. The molecule has 3 unspecified atom stereocenters. The van der Waals surface area contributed by atoms with Crippen molar-refractivity contribution in [1.29, 1.82) is 0 Å². The molecule has 0 spiro atoms. The first-order valence-electron chi connectivity index (χ1n) is 10.1. The molecule has 0 heterocycles. The van der Waals surface area contributed by atoms with Crippen molar-refractivity contribution in [2.24, 2.45) is 23.0 Å². The Morgan fingerprint density at radius 3 is 2.48 bits per heavy atom. The van der Waals surface area contributed by atoms with E-state index in [1.165, 1.54) is 18.0 Å². The van der Waals surface area contributed by atoms with Crippen molar-refractivity contribution in [1.82, 2.24) is 10.0 Å². The Balaban J connectivity index is 1.92. The average Bonchev–Trinajstić information content (AvgIpc) is 2.94. The molecule has 1 aliphatic rings. The number of halogens is 1. The fraction of sp³-hybridized carbons (Fsp3) is 0.636. The number of nitrogens with one attached hydrogen (secondary N) is 2. The van der Waals surface area contributed by atoms with Gasteiger partial charge in [0.25, 0.3) is 0 Å². The van der Waals surface area contributed by atoms with E-state index in [0.29, 0.717) is 17.4 Å². The number of aryl methyl sites for hydroxylation is 1. The van der Waals surface area contributed by atoms with Crippen LogP contribution >= 0.6 is 11.9 Å². The smallest absolute Gasteiger partial charge is 0.240 e. The lowest BCUT2D eigenvalue weighted by molar-refractivity contribution is -0.127. The highest BCUT2D eigenvalue weighted by Crippen LogP contribution is 2.39. The van der Waals surface area contributed by atoms with Crippen LogP contribution in [0.15, 0.2) is 23.1 Å². The summed E-state index contributed by atoms with van der Waals surface area (Å²) >= 11 is 1.25.